The number of halogens is 2. The minimum Gasteiger partial charge on any atom is -0.309 e. The molecule has 0 spiro atoms. The van der Waals surface area contributed by atoms with Gasteiger partial charge in [0.2, 0.25) is 0 Å². The van der Waals surface area contributed by atoms with Crippen LogP contribution in [0.3, 0.4) is 0 Å². The van der Waals surface area contributed by atoms with Crippen LogP contribution in [-0.2, 0) is 0 Å². The topological polar surface area (TPSA) is 12.0 Å². The van der Waals surface area contributed by atoms with Crippen LogP contribution in [0.15, 0.2) is 0 Å². The van der Waals surface area contributed by atoms with Crippen LogP contribution >= 0.6 is 0 Å². The molecule has 1 atom stereocenters. The normalized spacial score (nSPS) is 14.3. The lowest BCUT2D eigenvalue weighted by atomic mass is 10.3. The Morgan fingerprint density at radius 3 is 2.33 bits per heavy atom. The third-order valence-electron chi connectivity index (χ3n) is 1.23. The lowest BCUT2D eigenvalue weighted by Crippen LogP contribution is -2.29. The Morgan fingerprint density at radius 2 is 2.00 bits per heavy atom. The maximum atomic E-state index is 11.5. The first-order valence-corrected chi connectivity index (χ1v) is 3.18. The summed E-state index contributed by atoms with van der Waals surface area (Å²) in [7, 11) is 0. The highest BCUT2D eigenvalue weighted by Gasteiger charge is 2.03. The lowest BCUT2D eigenvalue weighted by molar-refractivity contribution is 0.142. The SMILES string of the molecule is CCC(C)NCC(F)F. The average Bonchev–Trinajstić information content (AvgIpc) is 1.83. The van der Waals surface area contributed by atoms with Crippen molar-refractivity contribution in [3.63, 3.8) is 0 Å². The largest absolute Gasteiger partial charge is 0.309 e. The summed E-state index contributed by atoms with van der Waals surface area (Å²) in [6.45, 7) is 3.67. The summed E-state index contributed by atoms with van der Waals surface area (Å²) >= 11 is 0. The number of hydrogen-bond donors (Lipinski definition) is 1. The second-order valence-electron chi connectivity index (χ2n) is 2.11. The Labute approximate surface area is 54.4 Å². The highest BCUT2D eigenvalue weighted by molar-refractivity contribution is 4.57. The van der Waals surface area contributed by atoms with Crippen LogP contribution in [0.1, 0.15) is 20.3 Å². The molecule has 0 bridgehead atoms. The van der Waals surface area contributed by atoms with Gasteiger partial charge in [-0.2, -0.15) is 0 Å². The zero-order valence-corrected chi connectivity index (χ0v) is 5.82. The molecule has 0 heterocycles. The smallest absolute Gasteiger partial charge is 0.250 e. The van der Waals surface area contributed by atoms with Gasteiger partial charge in [0.05, 0.1) is 6.54 Å². The van der Waals surface area contributed by atoms with Crippen LogP contribution in [0.5, 0.6) is 0 Å². The van der Waals surface area contributed by atoms with E-state index in [-0.39, 0.29) is 12.6 Å². The third kappa shape index (κ3) is 5.69. The summed E-state index contributed by atoms with van der Waals surface area (Å²) in [4.78, 5) is 0. The standard InChI is InChI=1S/C6H13F2N/c1-3-5(2)9-4-6(7)8/h5-6,9H,3-4H2,1-2H3. The van der Waals surface area contributed by atoms with Crippen molar-refractivity contribution in [2.45, 2.75) is 32.7 Å². The van der Waals surface area contributed by atoms with Crippen LogP contribution < -0.4 is 5.32 Å². The molecule has 1 N–H and O–H groups in total. The molecule has 0 saturated heterocycles. The molecule has 0 fully saturated rings. The fraction of sp³-hybridized carbons (Fsp3) is 1.00. The molecule has 1 nitrogen and oxygen atoms in total. The van der Waals surface area contributed by atoms with Crippen molar-refractivity contribution >= 4 is 0 Å². The summed E-state index contributed by atoms with van der Waals surface area (Å²) in [5, 5.41) is 2.68. The Kier molecular flexibility index (Phi) is 4.58. The molecule has 0 radical (unpaired) electrons. The summed E-state index contributed by atoms with van der Waals surface area (Å²) in [6.07, 6.45) is -1.33. The molecule has 0 amide bonds. The predicted octanol–water partition coefficient (Wildman–Crippen LogP) is 1.64. The van der Waals surface area contributed by atoms with Gasteiger partial charge in [-0.3, -0.25) is 0 Å². The van der Waals surface area contributed by atoms with E-state index in [1.54, 1.807) is 0 Å². The summed E-state index contributed by atoms with van der Waals surface area (Å²) in [5.74, 6) is 0. The molecule has 0 aliphatic rings. The third-order valence-corrected chi connectivity index (χ3v) is 1.23. The van der Waals surface area contributed by atoms with Crippen molar-refractivity contribution in [1.29, 1.82) is 0 Å². The molecular weight excluding hydrogens is 124 g/mol. The van der Waals surface area contributed by atoms with Gasteiger partial charge in [-0.05, 0) is 13.3 Å². The zero-order chi connectivity index (χ0) is 7.28. The van der Waals surface area contributed by atoms with Gasteiger partial charge in [-0.25, -0.2) is 8.78 Å². The van der Waals surface area contributed by atoms with E-state index in [4.69, 9.17) is 0 Å². The molecule has 0 aromatic heterocycles. The number of alkyl halides is 2. The van der Waals surface area contributed by atoms with E-state index < -0.39 is 6.43 Å². The van der Waals surface area contributed by atoms with Crippen molar-refractivity contribution < 1.29 is 8.78 Å². The van der Waals surface area contributed by atoms with Crippen molar-refractivity contribution in [3.05, 3.63) is 0 Å². The molecule has 56 valence electrons. The maximum absolute atomic E-state index is 11.5. The van der Waals surface area contributed by atoms with Crippen LogP contribution in [0, 0.1) is 0 Å². The van der Waals surface area contributed by atoms with E-state index in [1.807, 2.05) is 13.8 Å². The van der Waals surface area contributed by atoms with Gasteiger partial charge in [-0.15, -0.1) is 0 Å². The van der Waals surface area contributed by atoms with Crippen molar-refractivity contribution in [1.82, 2.24) is 5.32 Å². The van der Waals surface area contributed by atoms with Crippen LogP contribution in [0.4, 0.5) is 8.78 Å². The Bertz CT molecular complexity index is 66.1. The van der Waals surface area contributed by atoms with Crippen molar-refractivity contribution in [2.24, 2.45) is 0 Å². The van der Waals surface area contributed by atoms with E-state index >= 15 is 0 Å². The molecule has 0 rings (SSSR count). The number of hydrogen-bond acceptors (Lipinski definition) is 1. The minimum absolute atomic E-state index is 0.186. The molecule has 0 aromatic carbocycles. The first-order valence-electron chi connectivity index (χ1n) is 3.18. The number of rotatable bonds is 4. The Morgan fingerprint density at radius 1 is 1.44 bits per heavy atom. The molecule has 3 heteroatoms. The first kappa shape index (κ1) is 8.82. The second kappa shape index (κ2) is 4.68. The maximum Gasteiger partial charge on any atom is 0.250 e. The van der Waals surface area contributed by atoms with Crippen LogP contribution in [0.25, 0.3) is 0 Å². The van der Waals surface area contributed by atoms with Gasteiger partial charge in [0, 0.05) is 6.04 Å². The van der Waals surface area contributed by atoms with E-state index in [1.165, 1.54) is 0 Å². The quantitative estimate of drug-likeness (QED) is 0.621. The van der Waals surface area contributed by atoms with Gasteiger partial charge in [0.25, 0.3) is 6.43 Å². The Balaban J connectivity index is 3.06. The van der Waals surface area contributed by atoms with Crippen molar-refractivity contribution in [3.8, 4) is 0 Å². The molecule has 0 aliphatic heterocycles. The summed E-state index contributed by atoms with van der Waals surface area (Å²) in [5.41, 5.74) is 0. The lowest BCUT2D eigenvalue weighted by Gasteiger charge is -2.09. The van der Waals surface area contributed by atoms with E-state index in [2.05, 4.69) is 5.32 Å². The highest BCUT2D eigenvalue weighted by atomic mass is 19.3. The fourth-order valence-electron chi connectivity index (χ4n) is 0.435. The molecular formula is C6H13F2N. The van der Waals surface area contributed by atoms with Gasteiger partial charge >= 0.3 is 0 Å². The second-order valence-corrected chi connectivity index (χ2v) is 2.11. The van der Waals surface area contributed by atoms with E-state index in [0.717, 1.165) is 6.42 Å². The highest BCUT2D eigenvalue weighted by Crippen LogP contribution is 1.92. The van der Waals surface area contributed by atoms with Gasteiger partial charge in [0.15, 0.2) is 0 Å². The van der Waals surface area contributed by atoms with Crippen LogP contribution in [0.2, 0.25) is 0 Å². The summed E-state index contributed by atoms with van der Waals surface area (Å²) in [6, 6.07) is 0.207. The van der Waals surface area contributed by atoms with Gasteiger partial charge in [-0.1, -0.05) is 6.92 Å². The zero-order valence-electron chi connectivity index (χ0n) is 5.82. The van der Waals surface area contributed by atoms with Crippen LogP contribution in [-0.4, -0.2) is 19.0 Å². The fourth-order valence-corrected chi connectivity index (χ4v) is 0.435. The predicted molar refractivity (Wildman–Crippen MR) is 33.8 cm³/mol. The minimum atomic E-state index is -2.22. The molecule has 0 aliphatic carbocycles. The first-order chi connectivity index (χ1) is 4.16. The Hall–Kier alpha value is -0.180. The van der Waals surface area contributed by atoms with Crippen molar-refractivity contribution in [2.75, 3.05) is 6.54 Å². The average molecular weight is 137 g/mol. The molecule has 9 heavy (non-hydrogen) atoms. The monoisotopic (exact) mass is 137 g/mol. The molecule has 0 aromatic rings. The molecule has 1 unspecified atom stereocenters. The summed E-state index contributed by atoms with van der Waals surface area (Å²) < 4.78 is 22.9. The van der Waals surface area contributed by atoms with E-state index in [0.29, 0.717) is 0 Å². The van der Waals surface area contributed by atoms with Gasteiger partial charge in [0.1, 0.15) is 0 Å². The van der Waals surface area contributed by atoms with E-state index in [9.17, 15) is 8.78 Å². The number of nitrogens with one attached hydrogen (secondary N) is 1. The molecule has 0 saturated carbocycles. The van der Waals surface area contributed by atoms with Gasteiger partial charge < -0.3 is 5.32 Å².